The van der Waals surface area contributed by atoms with E-state index in [-0.39, 0.29) is 6.61 Å². The molecule has 9 nitrogen and oxygen atoms in total. The number of carbonyl (C=O) groups is 2. The van der Waals surface area contributed by atoms with Crippen LogP contribution in [0.5, 0.6) is 11.5 Å². The van der Waals surface area contributed by atoms with Crippen molar-refractivity contribution in [2.75, 3.05) is 13.7 Å². The highest BCUT2D eigenvalue weighted by Gasteiger charge is 2.48. The Labute approximate surface area is 226 Å². The van der Waals surface area contributed by atoms with E-state index >= 15 is 0 Å². The molecule has 210 valence electrons. The van der Waals surface area contributed by atoms with E-state index in [0.29, 0.717) is 11.4 Å². The van der Waals surface area contributed by atoms with E-state index in [1.54, 1.807) is 36.1 Å². The fourth-order valence-corrected chi connectivity index (χ4v) is 4.98. The Kier molecular flexibility index (Phi) is 11.9. The van der Waals surface area contributed by atoms with E-state index in [2.05, 4.69) is 17.2 Å². The van der Waals surface area contributed by atoms with Crippen molar-refractivity contribution < 1.29 is 28.5 Å². The number of methoxy groups -OCH3 is 1. The highest BCUT2D eigenvalue weighted by Crippen LogP contribution is 2.41. The number of rotatable bonds is 17. The van der Waals surface area contributed by atoms with Gasteiger partial charge in [0.05, 0.1) is 12.8 Å². The van der Waals surface area contributed by atoms with Crippen LogP contribution >= 0.6 is 0 Å². The van der Waals surface area contributed by atoms with Gasteiger partial charge in [-0.1, -0.05) is 69.9 Å². The minimum absolute atomic E-state index is 0.163. The largest absolute Gasteiger partial charge is 0.497 e. The Morgan fingerprint density at radius 1 is 0.842 bits per heavy atom. The first kappa shape index (κ1) is 29.5. The van der Waals surface area contributed by atoms with E-state index < -0.39 is 30.2 Å². The van der Waals surface area contributed by atoms with Crippen LogP contribution in [0, 0.1) is 0 Å². The lowest BCUT2D eigenvalue weighted by atomic mass is 10.0. The van der Waals surface area contributed by atoms with Crippen molar-refractivity contribution in [2.45, 2.75) is 110 Å². The van der Waals surface area contributed by atoms with Crippen LogP contribution in [0.15, 0.2) is 24.3 Å². The van der Waals surface area contributed by atoms with Gasteiger partial charge in [0, 0.05) is 13.8 Å². The van der Waals surface area contributed by atoms with Crippen LogP contribution < -0.4 is 9.47 Å². The molecule has 0 bridgehead atoms. The Balaban J connectivity index is 1.64. The van der Waals surface area contributed by atoms with Gasteiger partial charge in [0.25, 0.3) is 0 Å². The van der Waals surface area contributed by atoms with Crippen molar-refractivity contribution in [2.24, 2.45) is 0 Å². The van der Waals surface area contributed by atoms with Crippen molar-refractivity contribution in [3.63, 3.8) is 0 Å². The third-order valence-electron chi connectivity index (χ3n) is 6.91. The SMILES string of the molecule is CCCCCCCCCCCCc1nnn2c1[C@@H](OC(C)=O)[C@@H](OC(C)=O)[C@@H]2COc1ccc(OC)cc1. The molecule has 3 rings (SSSR count). The number of unbranched alkanes of at least 4 members (excludes halogenated alkanes) is 9. The fourth-order valence-electron chi connectivity index (χ4n) is 4.98. The lowest BCUT2D eigenvalue weighted by molar-refractivity contribution is -0.167. The highest BCUT2D eigenvalue weighted by molar-refractivity contribution is 5.67. The Morgan fingerprint density at radius 3 is 2.00 bits per heavy atom. The molecular weight excluding hydrogens is 486 g/mol. The van der Waals surface area contributed by atoms with Gasteiger partial charge in [-0.05, 0) is 37.1 Å². The molecule has 0 aliphatic carbocycles. The van der Waals surface area contributed by atoms with Gasteiger partial charge in [0.2, 0.25) is 0 Å². The molecule has 3 atom stereocenters. The number of fused-ring (bicyclic) bond motifs is 1. The summed E-state index contributed by atoms with van der Waals surface area (Å²) in [5.74, 6) is 0.440. The van der Waals surface area contributed by atoms with Gasteiger partial charge in [-0.3, -0.25) is 9.59 Å². The molecule has 0 saturated heterocycles. The van der Waals surface area contributed by atoms with Crippen molar-refractivity contribution in [3.05, 3.63) is 35.7 Å². The quantitative estimate of drug-likeness (QED) is 0.184. The second-order valence-electron chi connectivity index (χ2n) is 9.96. The molecule has 1 aromatic carbocycles. The Morgan fingerprint density at radius 2 is 1.42 bits per heavy atom. The molecule has 0 amide bonds. The highest BCUT2D eigenvalue weighted by atomic mass is 16.6. The average Bonchev–Trinajstić information content (AvgIpc) is 3.42. The summed E-state index contributed by atoms with van der Waals surface area (Å²) < 4.78 is 24.2. The molecule has 0 unspecified atom stereocenters. The first-order chi connectivity index (χ1) is 18.4. The molecule has 0 spiro atoms. The normalized spacial score (nSPS) is 18.2. The maximum absolute atomic E-state index is 12.0. The molecule has 0 radical (unpaired) electrons. The van der Waals surface area contributed by atoms with Crippen molar-refractivity contribution in [1.29, 1.82) is 0 Å². The standard InChI is InChI=1S/C29H43N3O6/c1-5-6-7-8-9-10-11-12-13-14-15-25-27-29(38-22(3)34)28(37-21(2)33)26(32(27)31-30-25)20-36-24-18-16-23(35-4)17-19-24/h16-19,26,28-29H,5-15,20H2,1-4H3/t26-,28-,29+/m0/s1. The van der Waals surface area contributed by atoms with Crippen molar-refractivity contribution in [1.82, 2.24) is 15.0 Å². The van der Waals surface area contributed by atoms with Crippen LogP contribution in [0.1, 0.15) is 109 Å². The zero-order chi connectivity index (χ0) is 27.3. The summed E-state index contributed by atoms with van der Waals surface area (Å²) in [5.41, 5.74) is 1.46. The fraction of sp³-hybridized carbons (Fsp3) is 0.655. The molecule has 2 aromatic rings. The maximum atomic E-state index is 12.0. The first-order valence-corrected chi connectivity index (χ1v) is 14.0. The zero-order valence-corrected chi connectivity index (χ0v) is 23.3. The number of benzene rings is 1. The number of aromatic nitrogens is 3. The Hall–Kier alpha value is -3.10. The molecule has 0 N–H and O–H groups in total. The maximum Gasteiger partial charge on any atom is 0.303 e. The number of hydrogen-bond donors (Lipinski definition) is 0. The topological polar surface area (TPSA) is 102 Å². The summed E-state index contributed by atoms with van der Waals surface area (Å²) in [5, 5.41) is 8.80. The molecule has 1 aliphatic rings. The van der Waals surface area contributed by atoms with Crippen LogP contribution in [-0.2, 0) is 25.5 Å². The van der Waals surface area contributed by atoms with Crippen LogP contribution in [-0.4, -0.2) is 46.8 Å². The second kappa shape index (κ2) is 15.3. The number of hydrogen-bond acceptors (Lipinski definition) is 8. The van der Waals surface area contributed by atoms with Gasteiger partial charge in [-0.2, -0.15) is 0 Å². The number of ether oxygens (including phenoxy) is 4. The number of esters is 2. The molecule has 1 aliphatic heterocycles. The number of aryl methyl sites for hydroxylation is 1. The van der Waals surface area contributed by atoms with Crippen LogP contribution in [0.25, 0.3) is 0 Å². The van der Waals surface area contributed by atoms with Gasteiger partial charge in [0.15, 0.2) is 12.2 Å². The molecule has 9 heteroatoms. The molecule has 0 saturated carbocycles. The van der Waals surface area contributed by atoms with E-state index in [1.165, 1.54) is 65.2 Å². The predicted octanol–water partition coefficient (Wildman–Crippen LogP) is 5.92. The van der Waals surface area contributed by atoms with Crippen LogP contribution in [0.3, 0.4) is 0 Å². The van der Waals surface area contributed by atoms with Gasteiger partial charge < -0.3 is 18.9 Å². The molecule has 2 heterocycles. The molecule has 1 aromatic heterocycles. The van der Waals surface area contributed by atoms with Crippen molar-refractivity contribution >= 4 is 11.9 Å². The van der Waals surface area contributed by atoms with E-state index in [1.807, 2.05) is 0 Å². The average molecular weight is 530 g/mol. The van der Waals surface area contributed by atoms with E-state index in [9.17, 15) is 9.59 Å². The molecule has 38 heavy (non-hydrogen) atoms. The minimum atomic E-state index is -0.783. The third-order valence-corrected chi connectivity index (χ3v) is 6.91. The molecular formula is C29H43N3O6. The monoisotopic (exact) mass is 529 g/mol. The number of carbonyl (C=O) groups excluding carboxylic acids is 2. The van der Waals surface area contributed by atoms with E-state index in [4.69, 9.17) is 18.9 Å². The smallest absolute Gasteiger partial charge is 0.303 e. The Bertz CT molecular complexity index is 1010. The minimum Gasteiger partial charge on any atom is -0.497 e. The number of nitrogens with zero attached hydrogens (tertiary/aromatic N) is 3. The van der Waals surface area contributed by atoms with Crippen LogP contribution in [0.4, 0.5) is 0 Å². The van der Waals surface area contributed by atoms with Crippen LogP contribution in [0.2, 0.25) is 0 Å². The summed E-state index contributed by atoms with van der Waals surface area (Å²) in [6.45, 7) is 5.10. The summed E-state index contributed by atoms with van der Waals surface area (Å²) in [6, 6.07) is 6.73. The van der Waals surface area contributed by atoms with Gasteiger partial charge >= 0.3 is 11.9 Å². The first-order valence-electron chi connectivity index (χ1n) is 14.0. The third kappa shape index (κ3) is 8.46. The van der Waals surface area contributed by atoms with Gasteiger partial charge in [-0.15, -0.1) is 5.10 Å². The summed E-state index contributed by atoms with van der Waals surface area (Å²) in [4.78, 5) is 24.0. The lowest BCUT2D eigenvalue weighted by Gasteiger charge is -2.24. The second-order valence-corrected chi connectivity index (χ2v) is 9.96. The van der Waals surface area contributed by atoms with E-state index in [0.717, 1.165) is 30.7 Å². The predicted molar refractivity (Wildman–Crippen MR) is 143 cm³/mol. The van der Waals surface area contributed by atoms with Gasteiger partial charge in [0.1, 0.15) is 29.8 Å². The van der Waals surface area contributed by atoms with Gasteiger partial charge in [-0.25, -0.2) is 4.68 Å². The zero-order valence-electron chi connectivity index (χ0n) is 23.3. The molecule has 0 fully saturated rings. The summed E-state index contributed by atoms with van der Waals surface area (Å²) in [7, 11) is 1.60. The summed E-state index contributed by atoms with van der Waals surface area (Å²) >= 11 is 0. The lowest BCUT2D eigenvalue weighted by Crippen LogP contribution is -2.32. The summed E-state index contributed by atoms with van der Waals surface area (Å²) in [6.07, 6.45) is 11.6. The van der Waals surface area contributed by atoms with Crippen molar-refractivity contribution in [3.8, 4) is 11.5 Å².